The van der Waals surface area contributed by atoms with Gasteiger partial charge in [0.1, 0.15) is 5.82 Å². The quantitative estimate of drug-likeness (QED) is 0.782. The predicted octanol–water partition coefficient (Wildman–Crippen LogP) is 1.65. The van der Waals surface area contributed by atoms with Crippen LogP contribution in [-0.2, 0) is 4.79 Å². The summed E-state index contributed by atoms with van der Waals surface area (Å²) in [4.78, 5) is 23.7. The van der Waals surface area contributed by atoms with E-state index in [0.717, 1.165) is 64.5 Å². The van der Waals surface area contributed by atoms with Crippen molar-refractivity contribution in [2.75, 3.05) is 57.8 Å². The Morgan fingerprint density at radius 3 is 2.62 bits per heavy atom. The molecule has 0 radical (unpaired) electrons. The molecule has 1 aromatic heterocycles. The number of pyridine rings is 1. The standard InChI is InChI=1S/C18H29N5O.2ClH/c1-19-15-16-5-4-9-23(16)18(24)7-10-21-11-13-22(14-12-21)17-6-2-3-8-20-17;;/h2-3,6,8,16,19H,4-5,7,9-15H2,1H3;2*1H. The summed E-state index contributed by atoms with van der Waals surface area (Å²) >= 11 is 0. The van der Waals surface area contributed by atoms with E-state index in [1.165, 1.54) is 0 Å². The minimum Gasteiger partial charge on any atom is -0.354 e. The zero-order chi connectivity index (χ0) is 16.8. The van der Waals surface area contributed by atoms with E-state index >= 15 is 0 Å². The number of nitrogens with zero attached hydrogens (tertiary/aromatic N) is 4. The molecule has 0 aromatic carbocycles. The van der Waals surface area contributed by atoms with Gasteiger partial charge >= 0.3 is 0 Å². The molecule has 1 N–H and O–H groups in total. The van der Waals surface area contributed by atoms with Crippen molar-refractivity contribution in [3.05, 3.63) is 24.4 Å². The van der Waals surface area contributed by atoms with E-state index < -0.39 is 0 Å². The summed E-state index contributed by atoms with van der Waals surface area (Å²) in [5, 5.41) is 3.20. The zero-order valence-corrected chi connectivity index (χ0v) is 17.1. The van der Waals surface area contributed by atoms with Gasteiger partial charge in [0.2, 0.25) is 5.91 Å². The third-order valence-corrected chi connectivity index (χ3v) is 5.12. The van der Waals surface area contributed by atoms with Gasteiger partial charge in [0.25, 0.3) is 0 Å². The second-order valence-electron chi connectivity index (χ2n) is 6.71. The minimum absolute atomic E-state index is 0. The van der Waals surface area contributed by atoms with Crippen molar-refractivity contribution in [3.63, 3.8) is 0 Å². The largest absolute Gasteiger partial charge is 0.354 e. The molecule has 26 heavy (non-hydrogen) atoms. The van der Waals surface area contributed by atoms with E-state index in [1.807, 2.05) is 25.4 Å². The second-order valence-corrected chi connectivity index (χ2v) is 6.71. The van der Waals surface area contributed by atoms with Crippen LogP contribution in [0.25, 0.3) is 0 Å². The number of rotatable bonds is 6. The molecule has 2 fully saturated rings. The Balaban J connectivity index is 0.00000169. The maximum atomic E-state index is 12.5. The van der Waals surface area contributed by atoms with Crippen molar-refractivity contribution in [2.24, 2.45) is 0 Å². The molecule has 148 valence electrons. The molecule has 1 amide bonds. The van der Waals surface area contributed by atoms with Crippen LogP contribution in [0.5, 0.6) is 0 Å². The lowest BCUT2D eigenvalue weighted by Gasteiger charge is -2.35. The fraction of sp³-hybridized carbons (Fsp3) is 0.667. The highest BCUT2D eigenvalue weighted by Crippen LogP contribution is 2.18. The van der Waals surface area contributed by atoms with E-state index in [4.69, 9.17) is 0 Å². The lowest BCUT2D eigenvalue weighted by atomic mass is 10.2. The number of likely N-dealkylation sites (tertiary alicyclic amines) is 1. The number of carbonyl (C=O) groups excluding carboxylic acids is 1. The number of halogens is 2. The first-order valence-corrected chi connectivity index (χ1v) is 9.10. The number of nitrogens with one attached hydrogen (secondary N) is 1. The molecule has 0 spiro atoms. The molecule has 2 aliphatic rings. The monoisotopic (exact) mass is 403 g/mol. The average molecular weight is 404 g/mol. The van der Waals surface area contributed by atoms with Gasteiger partial charge in [-0.25, -0.2) is 4.98 Å². The van der Waals surface area contributed by atoms with Crippen LogP contribution in [0.2, 0.25) is 0 Å². The highest BCUT2D eigenvalue weighted by atomic mass is 35.5. The van der Waals surface area contributed by atoms with Crippen molar-refractivity contribution in [1.82, 2.24) is 20.1 Å². The first kappa shape index (κ1) is 23.0. The van der Waals surface area contributed by atoms with Gasteiger partial charge in [-0.15, -0.1) is 24.8 Å². The van der Waals surface area contributed by atoms with Gasteiger partial charge in [0.15, 0.2) is 0 Å². The molecule has 1 aromatic rings. The second kappa shape index (κ2) is 11.6. The Hall–Kier alpha value is -1.08. The van der Waals surface area contributed by atoms with Gasteiger partial charge < -0.3 is 15.1 Å². The van der Waals surface area contributed by atoms with Gasteiger partial charge in [0, 0.05) is 64.5 Å². The summed E-state index contributed by atoms with van der Waals surface area (Å²) in [6.07, 6.45) is 4.76. The lowest BCUT2D eigenvalue weighted by molar-refractivity contribution is -0.132. The maximum Gasteiger partial charge on any atom is 0.224 e. The van der Waals surface area contributed by atoms with Crippen molar-refractivity contribution in [2.45, 2.75) is 25.3 Å². The van der Waals surface area contributed by atoms with Crippen LogP contribution in [0.1, 0.15) is 19.3 Å². The van der Waals surface area contributed by atoms with E-state index in [2.05, 4.69) is 31.1 Å². The number of amides is 1. The van der Waals surface area contributed by atoms with E-state index in [9.17, 15) is 4.79 Å². The normalized spacial score (nSPS) is 20.4. The van der Waals surface area contributed by atoms with Gasteiger partial charge in [-0.05, 0) is 32.0 Å². The van der Waals surface area contributed by atoms with Gasteiger partial charge in [-0.2, -0.15) is 0 Å². The number of anilines is 1. The Kier molecular flexibility index (Phi) is 10.2. The SMILES string of the molecule is CNCC1CCCN1C(=O)CCN1CCN(c2ccccn2)CC1.Cl.Cl. The van der Waals surface area contributed by atoms with Crippen LogP contribution in [0.15, 0.2) is 24.4 Å². The zero-order valence-electron chi connectivity index (χ0n) is 15.5. The molecular formula is C18H31Cl2N5O. The highest BCUT2D eigenvalue weighted by Gasteiger charge is 2.28. The Bertz CT molecular complexity index is 526. The van der Waals surface area contributed by atoms with E-state index in [-0.39, 0.29) is 24.8 Å². The smallest absolute Gasteiger partial charge is 0.224 e. The van der Waals surface area contributed by atoms with Crippen molar-refractivity contribution >= 4 is 36.5 Å². The van der Waals surface area contributed by atoms with E-state index in [0.29, 0.717) is 18.4 Å². The van der Waals surface area contributed by atoms with Crippen LogP contribution in [-0.4, -0.2) is 79.6 Å². The summed E-state index contributed by atoms with van der Waals surface area (Å²) in [5.41, 5.74) is 0. The molecule has 2 aliphatic heterocycles. The van der Waals surface area contributed by atoms with Crippen LogP contribution in [0.3, 0.4) is 0 Å². The molecule has 0 bridgehead atoms. The first-order chi connectivity index (χ1) is 11.8. The van der Waals surface area contributed by atoms with Crippen molar-refractivity contribution in [3.8, 4) is 0 Å². The fourth-order valence-corrected chi connectivity index (χ4v) is 3.75. The molecule has 8 heteroatoms. The topological polar surface area (TPSA) is 51.7 Å². The number of hydrogen-bond acceptors (Lipinski definition) is 5. The molecule has 3 rings (SSSR count). The van der Waals surface area contributed by atoms with Crippen LogP contribution in [0, 0.1) is 0 Å². The molecule has 3 heterocycles. The highest BCUT2D eigenvalue weighted by molar-refractivity contribution is 5.85. The molecular weight excluding hydrogens is 373 g/mol. The van der Waals surface area contributed by atoms with Gasteiger partial charge in [-0.3, -0.25) is 9.69 Å². The van der Waals surface area contributed by atoms with E-state index in [1.54, 1.807) is 0 Å². The predicted molar refractivity (Wildman–Crippen MR) is 111 cm³/mol. The summed E-state index contributed by atoms with van der Waals surface area (Å²) in [5.74, 6) is 1.38. The summed E-state index contributed by atoms with van der Waals surface area (Å²) in [6, 6.07) is 6.44. The minimum atomic E-state index is 0. The third-order valence-electron chi connectivity index (χ3n) is 5.12. The number of hydrogen-bond donors (Lipinski definition) is 1. The maximum absolute atomic E-state index is 12.5. The summed E-state index contributed by atoms with van der Waals surface area (Å²) in [6.45, 7) is 6.69. The van der Waals surface area contributed by atoms with Crippen LogP contribution in [0.4, 0.5) is 5.82 Å². The summed E-state index contributed by atoms with van der Waals surface area (Å²) < 4.78 is 0. The summed E-state index contributed by atoms with van der Waals surface area (Å²) in [7, 11) is 1.96. The molecule has 1 unspecified atom stereocenters. The number of piperazine rings is 1. The number of likely N-dealkylation sites (N-methyl/N-ethyl adjacent to an activating group) is 1. The van der Waals surface area contributed by atoms with Crippen LogP contribution < -0.4 is 10.2 Å². The molecule has 1 atom stereocenters. The Labute approximate surface area is 169 Å². The van der Waals surface area contributed by atoms with Gasteiger partial charge in [-0.1, -0.05) is 6.07 Å². The fourth-order valence-electron chi connectivity index (χ4n) is 3.75. The molecule has 6 nitrogen and oxygen atoms in total. The van der Waals surface area contributed by atoms with Crippen molar-refractivity contribution < 1.29 is 4.79 Å². The Morgan fingerprint density at radius 1 is 1.19 bits per heavy atom. The van der Waals surface area contributed by atoms with Crippen molar-refractivity contribution in [1.29, 1.82) is 0 Å². The third kappa shape index (κ3) is 5.98. The Morgan fingerprint density at radius 2 is 1.96 bits per heavy atom. The number of carbonyl (C=O) groups is 1. The first-order valence-electron chi connectivity index (χ1n) is 9.10. The van der Waals surface area contributed by atoms with Crippen LogP contribution >= 0.6 is 24.8 Å². The number of aromatic nitrogens is 1. The van der Waals surface area contributed by atoms with Gasteiger partial charge in [0.05, 0.1) is 0 Å². The molecule has 0 saturated carbocycles. The average Bonchev–Trinajstić information content (AvgIpc) is 3.10. The molecule has 2 saturated heterocycles. The molecule has 0 aliphatic carbocycles. The lowest BCUT2D eigenvalue weighted by Crippen LogP contribution is -2.48.